The number of benzene rings is 1. The first kappa shape index (κ1) is 11.2. The van der Waals surface area contributed by atoms with Gasteiger partial charge in [0.1, 0.15) is 12.1 Å². The number of para-hydroxylation sites is 1. The van der Waals surface area contributed by atoms with E-state index in [9.17, 15) is 0 Å². The van der Waals surface area contributed by atoms with Gasteiger partial charge in [-0.05, 0) is 17.3 Å². The van der Waals surface area contributed by atoms with E-state index in [4.69, 9.17) is 10.5 Å². The average molecular weight is 238 g/mol. The molecule has 2 rings (SSSR count). The van der Waals surface area contributed by atoms with E-state index in [1.54, 1.807) is 36.4 Å². The van der Waals surface area contributed by atoms with Crippen LogP contribution in [0.25, 0.3) is 11.4 Å². The van der Waals surface area contributed by atoms with Crippen LogP contribution in [0.4, 0.5) is 5.69 Å². The van der Waals surface area contributed by atoms with E-state index < -0.39 is 0 Å². The molecule has 86 valence electrons. The number of nitrogens with one attached hydrogen (secondary N) is 2. The molecule has 0 spiro atoms. The Balaban J connectivity index is 2.33. The molecule has 8 nitrogen and oxygen atoms in total. The lowest BCUT2D eigenvalue weighted by molar-refractivity contribution is 0.881. The lowest BCUT2D eigenvalue weighted by atomic mass is 10.2. The van der Waals surface area contributed by atoms with Crippen LogP contribution < -0.4 is 5.43 Å². The molecule has 0 saturated heterocycles. The maximum absolute atomic E-state index is 8.57. The molecule has 0 atom stereocenters. The number of hydrazone groups is 1. The van der Waals surface area contributed by atoms with Gasteiger partial charge in [0.05, 0.1) is 5.69 Å². The molecule has 18 heavy (non-hydrogen) atoms. The fourth-order valence-electron chi connectivity index (χ4n) is 1.24. The number of nitriles is 2. The number of aromatic amines is 1. The summed E-state index contributed by atoms with van der Waals surface area (Å²) < 4.78 is 0. The van der Waals surface area contributed by atoms with Crippen LogP contribution in [0.2, 0.25) is 0 Å². The molecule has 2 aromatic rings. The largest absolute Gasteiger partial charge is 0.276 e. The van der Waals surface area contributed by atoms with Crippen LogP contribution in [0, 0.1) is 22.7 Å². The second-order valence-electron chi connectivity index (χ2n) is 3.08. The van der Waals surface area contributed by atoms with Crippen LogP contribution in [0.5, 0.6) is 0 Å². The molecule has 0 fully saturated rings. The van der Waals surface area contributed by atoms with Gasteiger partial charge in [0, 0.05) is 5.56 Å². The minimum atomic E-state index is -0.266. The molecule has 1 aromatic heterocycles. The van der Waals surface area contributed by atoms with Crippen LogP contribution >= 0.6 is 0 Å². The van der Waals surface area contributed by atoms with Gasteiger partial charge in [0.25, 0.3) is 0 Å². The Kier molecular flexibility index (Phi) is 3.24. The maximum atomic E-state index is 8.57. The summed E-state index contributed by atoms with van der Waals surface area (Å²) >= 11 is 0. The number of hydrogen-bond acceptors (Lipinski definition) is 7. The van der Waals surface area contributed by atoms with Crippen molar-refractivity contribution >= 4 is 11.4 Å². The maximum Gasteiger partial charge on any atom is 0.237 e. The zero-order valence-electron chi connectivity index (χ0n) is 8.99. The SMILES string of the molecule is N#CC(C#N)=NNc1ccccc1-c1nn[nH]n1. The summed E-state index contributed by atoms with van der Waals surface area (Å²) in [7, 11) is 0. The molecule has 0 aliphatic carbocycles. The van der Waals surface area contributed by atoms with Gasteiger partial charge in [0.2, 0.25) is 11.5 Å². The lowest BCUT2D eigenvalue weighted by Gasteiger charge is -2.04. The van der Waals surface area contributed by atoms with Gasteiger partial charge in [-0.1, -0.05) is 12.1 Å². The van der Waals surface area contributed by atoms with E-state index >= 15 is 0 Å². The van der Waals surface area contributed by atoms with Crippen molar-refractivity contribution in [3.8, 4) is 23.5 Å². The molecule has 1 heterocycles. The normalized spacial score (nSPS) is 9.00. The molecule has 0 bridgehead atoms. The molecule has 0 unspecified atom stereocenters. The van der Waals surface area contributed by atoms with Crippen molar-refractivity contribution in [1.82, 2.24) is 20.6 Å². The number of tetrazole rings is 1. The Morgan fingerprint density at radius 1 is 1.28 bits per heavy atom. The van der Waals surface area contributed by atoms with Crippen LogP contribution in [0.15, 0.2) is 29.4 Å². The number of H-pyrrole nitrogens is 1. The molecule has 0 aliphatic rings. The minimum absolute atomic E-state index is 0.266. The number of nitrogens with zero attached hydrogens (tertiary/aromatic N) is 6. The van der Waals surface area contributed by atoms with E-state index in [-0.39, 0.29) is 5.71 Å². The van der Waals surface area contributed by atoms with Gasteiger partial charge >= 0.3 is 0 Å². The van der Waals surface area contributed by atoms with Gasteiger partial charge < -0.3 is 0 Å². The minimum Gasteiger partial charge on any atom is -0.276 e. The summed E-state index contributed by atoms with van der Waals surface area (Å²) in [6.07, 6.45) is 0. The smallest absolute Gasteiger partial charge is 0.237 e. The van der Waals surface area contributed by atoms with Crippen LogP contribution in [-0.4, -0.2) is 26.3 Å². The summed E-state index contributed by atoms with van der Waals surface area (Å²) in [5.41, 5.74) is 3.59. The summed E-state index contributed by atoms with van der Waals surface area (Å²) in [6, 6.07) is 10.4. The zero-order chi connectivity index (χ0) is 12.8. The molecule has 0 aliphatic heterocycles. The van der Waals surface area contributed by atoms with E-state index in [1.165, 1.54) is 0 Å². The first-order chi connectivity index (χ1) is 8.85. The summed E-state index contributed by atoms with van der Waals surface area (Å²) in [5.74, 6) is 0.392. The molecular formula is C10H6N8. The highest BCUT2D eigenvalue weighted by atomic mass is 15.5. The Morgan fingerprint density at radius 2 is 2.06 bits per heavy atom. The van der Waals surface area contributed by atoms with Gasteiger partial charge in [-0.2, -0.15) is 20.8 Å². The van der Waals surface area contributed by atoms with E-state index in [0.29, 0.717) is 17.1 Å². The van der Waals surface area contributed by atoms with Crippen molar-refractivity contribution in [2.24, 2.45) is 5.10 Å². The predicted molar refractivity (Wildman–Crippen MR) is 61.9 cm³/mol. The Bertz CT molecular complexity index is 627. The zero-order valence-corrected chi connectivity index (χ0v) is 8.99. The topological polar surface area (TPSA) is 126 Å². The third-order valence-electron chi connectivity index (χ3n) is 2.01. The highest BCUT2D eigenvalue weighted by molar-refractivity contribution is 6.10. The van der Waals surface area contributed by atoms with Gasteiger partial charge in [0.15, 0.2) is 0 Å². The lowest BCUT2D eigenvalue weighted by Crippen LogP contribution is -1.98. The highest BCUT2D eigenvalue weighted by Gasteiger charge is 2.08. The van der Waals surface area contributed by atoms with Gasteiger partial charge in [-0.25, -0.2) is 0 Å². The molecule has 1 aromatic carbocycles. The van der Waals surface area contributed by atoms with Crippen molar-refractivity contribution in [2.45, 2.75) is 0 Å². The van der Waals surface area contributed by atoms with Crippen molar-refractivity contribution in [3.63, 3.8) is 0 Å². The van der Waals surface area contributed by atoms with Crippen LogP contribution in [0.1, 0.15) is 0 Å². The molecule has 2 N–H and O–H groups in total. The Labute approximate surface area is 102 Å². The second-order valence-corrected chi connectivity index (χ2v) is 3.08. The first-order valence-corrected chi connectivity index (χ1v) is 4.82. The highest BCUT2D eigenvalue weighted by Crippen LogP contribution is 2.23. The standard InChI is InChI=1S/C10H6N8/c11-5-7(6-12)13-14-9-4-2-1-3-8(9)10-15-17-18-16-10/h1-4,14H,(H,15,16,17,18). The molecular weight excluding hydrogens is 232 g/mol. The van der Waals surface area contributed by atoms with E-state index in [2.05, 4.69) is 31.2 Å². The average Bonchev–Trinajstić information content (AvgIpc) is 2.94. The van der Waals surface area contributed by atoms with Crippen molar-refractivity contribution in [1.29, 1.82) is 10.5 Å². The quantitative estimate of drug-likeness (QED) is 0.598. The fourth-order valence-corrected chi connectivity index (χ4v) is 1.24. The molecule has 8 heteroatoms. The van der Waals surface area contributed by atoms with Crippen molar-refractivity contribution in [3.05, 3.63) is 24.3 Å². The Morgan fingerprint density at radius 3 is 2.72 bits per heavy atom. The van der Waals surface area contributed by atoms with Crippen molar-refractivity contribution < 1.29 is 0 Å². The van der Waals surface area contributed by atoms with Gasteiger partial charge in [-0.3, -0.25) is 5.43 Å². The Hall–Kier alpha value is -3.26. The number of anilines is 1. The predicted octanol–water partition coefficient (Wildman–Crippen LogP) is 0.682. The third-order valence-corrected chi connectivity index (χ3v) is 2.01. The fraction of sp³-hybridized carbons (Fsp3) is 0. The number of hydrogen-bond donors (Lipinski definition) is 2. The number of aromatic nitrogens is 4. The summed E-state index contributed by atoms with van der Waals surface area (Å²) in [6.45, 7) is 0. The van der Waals surface area contributed by atoms with E-state index in [0.717, 1.165) is 0 Å². The molecule has 0 saturated carbocycles. The van der Waals surface area contributed by atoms with Crippen molar-refractivity contribution in [2.75, 3.05) is 5.43 Å². The molecule has 0 radical (unpaired) electrons. The van der Waals surface area contributed by atoms with Crippen LogP contribution in [0.3, 0.4) is 0 Å². The van der Waals surface area contributed by atoms with E-state index in [1.807, 2.05) is 0 Å². The first-order valence-electron chi connectivity index (χ1n) is 4.82. The third kappa shape index (κ3) is 2.28. The van der Waals surface area contributed by atoms with Gasteiger partial charge in [-0.15, -0.1) is 10.2 Å². The molecule has 0 amide bonds. The second kappa shape index (κ2) is 5.18. The monoisotopic (exact) mass is 238 g/mol. The summed E-state index contributed by atoms with van der Waals surface area (Å²) in [5, 5.41) is 34.3. The summed E-state index contributed by atoms with van der Waals surface area (Å²) in [4.78, 5) is 0. The van der Waals surface area contributed by atoms with Crippen LogP contribution in [-0.2, 0) is 0 Å². The number of rotatable bonds is 3.